The molecule has 1 rings (SSSR count). The third-order valence-corrected chi connectivity index (χ3v) is 4.78. The van der Waals surface area contributed by atoms with Crippen LogP contribution in [0.3, 0.4) is 0 Å². The number of nitrogens with one attached hydrogen (secondary N) is 1. The summed E-state index contributed by atoms with van der Waals surface area (Å²) in [5, 5.41) is 9.18. The minimum atomic E-state index is -1.47. The summed E-state index contributed by atoms with van der Waals surface area (Å²) >= 11 is -1.47. The third kappa shape index (κ3) is 3.91. The first-order valence-electron chi connectivity index (χ1n) is 6.37. The molecule has 0 saturated carbocycles. The Balaban J connectivity index is 3.18. The second-order valence-electron chi connectivity index (χ2n) is 5.89. The zero-order chi connectivity index (χ0) is 15.6. The van der Waals surface area contributed by atoms with Crippen molar-refractivity contribution in [3.63, 3.8) is 0 Å². The molecule has 0 fully saturated rings. The lowest BCUT2D eigenvalue weighted by atomic mass is 9.89. The van der Waals surface area contributed by atoms with Crippen LogP contribution in [0.2, 0.25) is 0 Å². The Morgan fingerprint density at radius 3 is 2.35 bits per heavy atom. The van der Waals surface area contributed by atoms with Crippen LogP contribution in [-0.4, -0.2) is 21.0 Å². The van der Waals surface area contributed by atoms with E-state index in [1.165, 1.54) is 12.1 Å². The van der Waals surface area contributed by atoms with Crippen molar-refractivity contribution in [1.29, 1.82) is 0 Å². The predicted molar refractivity (Wildman–Crippen MR) is 76.4 cm³/mol. The van der Waals surface area contributed by atoms with Crippen LogP contribution >= 0.6 is 0 Å². The molecule has 0 saturated heterocycles. The van der Waals surface area contributed by atoms with Gasteiger partial charge in [-0.3, -0.25) is 0 Å². The highest BCUT2D eigenvalue weighted by atomic mass is 32.2. The Morgan fingerprint density at radius 1 is 1.25 bits per heavy atom. The molecule has 0 amide bonds. The minimum absolute atomic E-state index is 0.0594. The standard InChI is InChI=1S/C14H21F2NO2S/c1-13(2,3)20(19)17-14(4,8-9-18)10-6-5-7-11(15)12(10)16/h5-7,17-18H,8-9H2,1-4H3. The van der Waals surface area contributed by atoms with E-state index in [-0.39, 0.29) is 18.6 Å². The lowest BCUT2D eigenvalue weighted by Gasteiger charge is -2.35. The summed E-state index contributed by atoms with van der Waals surface area (Å²) in [6, 6.07) is 3.85. The van der Waals surface area contributed by atoms with Gasteiger partial charge < -0.3 is 9.66 Å². The number of rotatable bonds is 5. The first-order valence-corrected chi connectivity index (χ1v) is 7.52. The van der Waals surface area contributed by atoms with Gasteiger partial charge in [0.15, 0.2) is 11.6 Å². The smallest absolute Gasteiger partial charge is 0.164 e. The number of hydrogen-bond donors (Lipinski definition) is 2. The van der Waals surface area contributed by atoms with Crippen LogP contribution in [0.15, 0.2) is 18.2 Å². The molecule has 0 aromatic heterocycles. The van der Waals surface area contributed by atoms with Gasteiger partial charge in [-0.1, -0.05) is 12.1 Å². The van der Waals surface area contributed by atoms with Gasteiger partial charge in [-0.15, -0.1) is 4.72 Å². The molecule has 0 aliphatic carbocycles. The summed E-state index contributed by atoms with van der Waals surface area (Å²) < 4.78 is 41.8. The maximum Gasteiger partial charge on any atom is 0.164 e. The fourth-order valence-electron chi connectivity index (χ4n) is 1.75. The minimum Gasteiger partial charge on any atom is -0.598 e. The molecule has 0 heterocycles. The highest BCUT2D eigenvalue weighted by Gasteiger charge is 2.38. The van der Waals surface area contributed by atoms with Crippen LogP contribution in [0.1, 0.15) is 39.7 Å². The summed E-state index contributed by atoms with van der Waals surface area (Å²) in [6.45, 7) is 6.69. The number of aliphatic hydroxyl groups excluding tert-OH is 1. The van der Waals surface area contributed by atoms with E-state index in [1.807, 2.05) is 0 Å². The van der Waals surface area contributed by atoms with Crippen LogP contribution in [-0.2, 0) is 16.9 Å². The van der Waals surface area contributed by atoms with E-state index in [0.29, 0.717) is 0 Å². The normalized spacial score (nSPS) is 16.8. The largest absolute Gasteiger partial charge is 0.598 e. The molecular weight excluding hydrogens is 284 g/mol. The van der Waals surface area contributed by atoms with E-state index in [0.717, 1.165) is 6.07 Å². The van der Waals surface area contributed by atoms with Crippen molar-refractivity contribution in [3.05, 3.63) is 35.4 Å². The van der Waals surface area contributed by atoms with Crippen molar-refractivity contribution in [2.75, 3.05) is 6.61 Å². The molecule has 2 N–H and O–H groups in total. The molecule has 20 heavy (non-hydrogen) atoms. The summed E-state index contributed by atoms with van der Waals surface area (Å²) in [6.07, 6.45) is 0.120. The van der Waals surface area contributed by atoms with E-state index in [9.17, 15) is 18.4 Å². The SMILES string of the molecule is CC(CCO)(N[S+]([O-])C(C)(C)C)c1cccc(F)c1F. The molecule has 3 nitrogen and oxygen atoms in total. The Hall–Kier alpha value is -0.690. The first-order chi connectivity index (χ1) is 9.12. The van der Waals surface area contributed by atoms with Crippen LogP contribution in [0.25, 0.3) is 0 Å². The van der Waals surface area contributed by atoms with Gasteiger partial charge in [-0.25, -0.2) is 8.78 Å². The van der Waals surface area contributed by atoms with Crippen molar-refractivity contribution in [2.24, 2.45) is 0 Å². The Morgan fingerprint density at radius 2 is 1.85 bits per heavy atom. The molecule has 6 heteroatoms. The van der Waals surface area contributed by atoms with Crippen molar-refractivity contribution in [1.82, 2.24) is 4.72 Å². The Labute approximate surface area is 121 Å². The molecule has 1 aromatic carbocycles. The van der Waals surface area contributed by atoms with E-state index < -0.39 is 33.3 Å². The average molecular weight is 305 g/mol. The maximum atomic E-state index is 14.0. The third-order valence-electron chi connectivity index (χ3n) is 3.03. The van der Waals surface area contributed by atoms with Gasteiger partial charge >= 0.3 is 0 Å². The molecule has 114 valence electrons. The summed E-state index contributed by atoms with van der Waals surface area (Å²) in [7, 11) is 0. The first kappa shape index (κ1) is 17.4. The zero-order valence-corrected chi connectivity index (χ0v) is 13.0. The van der Waals surface area contributed by atoms with E-state index in [4.69, 9.17) is 0 Å². The number of benzene rings is 1. The number of aliphatic hydroxyl groups is 1. The van der Waals surface area contributed by atoms with Gasteiger partial charge in [0.2, 0.25) is 0 Å². The second kappa shape index (κ2) is 6.39. The Bertz CT molecular complexity index is 465. The van der Waals surface area contributed by atoms with E-state index in [1.54, 1.807) is 27.7 Å². The molecular formula is C14H21F2NO2S. The van der Waals surface area contributed by atoms with Crippen molar-refractivity contribution >= 4 is 11.4 Å². The van der Waals surface area contributed by atoms with E-state index >= 15 is 0 Å². The molecule has 0 aliphatic rings. The number of hydrogen-bond acceptors (Lipinski definition) is 3. The van der Waals surface area contributed by atoms with Gasteiger partial charge in [-0.05, 0) is 40.2 Å². The van der Waals surface area contributed by atoms with Crippen LogP contribution in [0.4, 0.5) is 8.78 Å². The molecule has 0 radical (unpaired) electrons. The average Bonchev–Trinajstić information content (AvgIpc) is 2.31. The van der Waals surface area contributed by atoms with Gasteiger partial charge in [0.25, 0.3) is 0 Å². The van der Waals surface area contributed by atoms with Gasteiger partial charge in [0.1, 0.15) is 4.75 Å². The zero-order valence-electron chi connectivity index (χ0n) is 12.2. The van der Waals surface area contributed by atoms with Crippen LogP contribution in [0.5, 0.6) is 0 Å². The van der Waals surface area contributed by atoms with E-state index in [2.05, 4.69) is 4.72 Å². The lowest BCUT2D eigenvalue weighted by molar-refractivity contribution is 0.233. The summed E-state index contributed by atoms with van der Waals surface area (Å²) in [4.78, 5) is 0. The monoisotopic (exact) mass is 305 g/mol. The van der Waals surface area contributed by atoms with Crippen molar-refractivity contribution < 1.29 is 18.4 Å². The second-order valence-corrected chi connectivity index (χ2v) is 7.86. The molecule has 0 bridgehead atoms. The fourth-order valence-corrected chi connectivity index (χ4v) is 2.68. The highest BCUT2D eigenvalue weighted by Crippen LogP contribution is 2.30. The summed E-state index contributed by atoms with van der Waals surface area (Å²) in [5.41, 5.74) is -1.05. The molecule has 1 aromatic rings. The van der Waals surface area contributed by atoms with Gasteiger partial charge in [0, 0.05) is 23.5 Å². The number of halogens is 2. The van der Waals surface area contributed by atoms with Gasteiger partial charge in [0.05, 0.1) is 5.54 Å². The predicted octanol–water partition coefficient (Wildman–Crippen LogP) is 2.61. The van der Waals surface area contributed by atoms with Crippen LogP contribution in [0, 0.1) is 11.6 Å². The molecule has 2 unspecified atom stereocenters. The van der Waals surface area contributed by atoms with Crippen molar-refractivity contribution in [2.45, 2.75) is 44.4 Å². The molecule has 0 spiro atoms. The fraction of sp³-hybridized carbons (Fsp3) is 0.571. The maximum absolute atomic E-state index is 14.0. The quantitative estimate of drug-likeness (QED) is 0.822. The molecule has 2 atom stereocenters. The lowest BCUT2D eigenvalue weighted by Crippen LogP contribution is -2.50. The van der Waals surface area contributed by atoms with Crippen molar-refractivity contribution in [3.8, 4) is 0 Å². The Kier molecular flexibility index (Phi) is 5.54. The highest BCUT2D eigenvalue weighted by molar-refractivity contribution is 7.90. The molecule has 0 aliphatic heterocycles. The topological polar surface area (TPSA) is 55.3 Å². The van der Waals surface area contributed by atoms with Gasteiger partial charge in [-0.2, -0.15) is 0 Å². The van der Waals surface area contributed by atoms with Crippen LogP contribution < -0.4 is 4.72 Å². The summed E-state index contributed by atoms with van der Waals surface area (Å²) in [5.74, 6) is -1.95.